The molecule has 0 unspecified atom stereocenters. The number of amides is 1. The van der Waals surface area contributed by atoms with Crippen LogP contribution < -0.4 is 10.0 Å². The third-order valence-electron chi connectivity index (χ3n) is 4.29. The average Bonchev–Trinajstić information content (AvgIpc) is 2.61. The van der Waals surface area contributed by atoms with Crippen LogP contribution in [0.5, 0.6) is 0 Å². The molecule has 0 saturated carbocycles. The second-order valence-corrected chi connectivity index (χ2v) is 8.49. The number of carbonyl (C=O) groups is 1. The fourth-order valence-electron chi connectivity index (χ4n) is 2.42. The maximum absolute atomic E-state index is 14.1. The molecular weight excluding hydrogens is 367 g/mol. The molecule has 5 nitrogen and oxygen atoms in total. The van der Waals surface area contributed by atoms with E-state index in [0.29, 0.717) is 18.0 Å². The fourth-order valence-corrected chi connectivity index (χ4v) is 3.85. The van der Waals surface area contributed by atoms with Gasteiger partial charge in [-0.1, -0.05) is 32.9 Å². The molecule has 0 bridgehead atoms. The molecule has 0 saturated heterocycles. The van der Waals surface area contributed by atoms with Crippen LogP contribution in [-0.2, 0) is 10.0 Å². The molecule has 0 aromatic heterocycles. The van der Waals surface area contributed by atoms with Gasteiger partial charge in [-0.25, -0.2) is 17.5 Å². The van der Waals surface area contributed by atoms with E-state index in [1.807, 2.05) is 19.1 Å². The summed E-state index contributed by atoms with van der Waals surface area (Å²) in [5.41, 5.74) is 1.78. The molecular formula is C20H25FN2O3S. The first-order valence-electron chi connectivity index (χ1n) is 8.87. The van der Waals surface area contributed by atoms with E-state index >= 15 is 0 Å². The van der Waals surface area contributed by atoms with Crippen molar-refractivity contribution in [2.45, 2.75) is 51.0 Å². The largest absolute Gasteiger partial charge is 0.322 e. The maximum Gasteiger partial charge on any atom is 0.255 e. The molecule has 0 heterocycles. The molecule has 0 radical (unpaired) electrons. The summed E-state index contributed by atoms with van der Waals surface area (Å²) in [5.74, 6) is -1.03. The molecule has 2 aromatic carbocycles. The number of halogens is 1. The number of nitrogens with one attached hydrogen (secondary N) is 2. The second kappa shape index (κ2) is 8.63. The van der Waals surface area contributed by atoms with Gasteiger partial charge in [-0.2, -0.15) is 0 Å². The average molecular weight is 392 g/mol. The van der Waals surface area contributed by atoms with Gasteiger partial charge in [0.05, 0.1) is 0 Å². The lowest BCUT2D eigenvalue weighted by Crippen LogP contribution is -2.32. The zero-order valence-corrected chi connectivity index (χ0v) is 16.7. The summed E-state index contributed by atoms with van der Waals surface area (Å²) in [5, 5.41) is 2.70. The monoisotopic (exact) mass is 392 g/mol. The van der Waals surface area contributed by atoms with Crippen molar-refractivity contribution in [3.8, 4) is 0 Å². The normalized spacial score (nSPS) is 12.8. The van der Waals surface area contributed by atoms with E-state index in [0.717, 1.165) is 17.7 Å². The summed E-state index contributed by atoms with van der Waals surface area (Å²) in [4.78, 5) is 11.9. The Morgan fingerprint density at radius 2 is 1.70 bits per heavy atom. The minimum absolute atomic E-state index is 0.0638. The predicted molar refractivity (Wildman–Crippen MR) is 105 cm³/mol. The van der Waals surface area contributed by atoms with Crippen molar-refractivity contribution in [3.63, 3.8) is 0 Å². The Morgan fingerprint density at radius 3 is 2.26 bits per heavy atom. The summed E-state index contributed by atoms with van der Waals surface area (Å²) in [7, 11) is -4.05. The van der Waals surface area contributed by atoms with Gasteiger partial charge < -0.3 is 5.32 Å². The summed E-state index contributed by atoms with van der Waals surface area (Å²) < 4.78 is 41.2. The predicted octanol–water partition coefficient (Wildman–Crippen LogP) is 4.28. The van der Waals surface area contributed by atoms with Gasteiger partial charge in [0.1, 0.15) is 10.7 Å². The molecule has 1 amide bonds. The van der Waals surface area contributed by atoms with Crippen molar-refractivity contribution in [1.29, 1.82) is 0 Å². The van der Waals surface area contributed by atoms with Crippen molar-refractivity contribution in [1.82, 2.24) is 4.72 Å². The second-order valence-electron chi connectivity index (χ2n) is 6.81. The Morgan fingerprint density at radius 1 is 1.07 bits per heavy atom. The molecule has 0 fully saturated rings. The minimum Gasteiger partial charge on any atom is -0.322 e. The lowest BCUT2D eigenvalue weighted by atomic mass is 10.0. The first-order chi connectivity index (χ1) is 12.6. The van der Waals surface area contributed by atoms with Crippen LogP contribution in [0.25, 0.3) is 0 Å². The first-order valence-corrected chi connectivity index (χ1v) is 10.4. The molecule has 0 aliphatic rings. The first kappa shape index (κ1) is 21.1. The third-order valence-corrected chi connectivity index (χ3v) is 5.89. The minimum atomic E-state index is -4.05. The molecule has 27 heavy (non-hydrogen) atoms. The Hall–Kier alpha value is -2.25. The van der Waals surface area contributed by atoms with Crippen LogP contribution in [0.2, 0.25) is 0 Å². The Bertz CT molecular complexity index is 909. The standard InChI is InChI=1S/C20H25FN2O3S/c1-5-14(4)23-27(25,26)19-12-16(8-11-18(19)21)20(24)22-17-9-6-15(7-10-17)13(2)3/h6-14,23H,5H2,1-4H3,(H,22,24)/t14-/m0/s1. The highest BCUT2D eigenvalue weighted by Crippen LogP contribution is 2.20. The van der Waals surface area contributed by atoms with Gasteiger partial charge in [0.2, 0.25) is 10.0 Å². The topological polar surface area (TPSA) is 75.3 Å². The van der Waals surface area contributed by atoms with Gasteiger partial charge in [-0.3, -0.25) is 4.79 Å². The number of carbonyl (C=O) groups excluding carboxylic acids is 1. The zero-order chi connectivity index (χ0) is 20.2. The number of rotatable bonds is 7. The summed E-state index contributed by atoms with van der Waals surface area (Å²) >= 11 is 0. The molecule has 0 aliphatic heterocycles. The molecule has 0 aliphatic carbocycles. The van der Waals surface area contributed by atoms with Crippen molar-refractivity contribution >= 4 is 21.6 Å². The zero-order valence-electron chi connectivity index (χ0n) is 15.9. The van der Waals surface area contributed by atoms with Crippen molar-refractivity contribution in [2.24, 2.45) is 0 Å². The molecule has 2 rings (SSSR count). The molecule has 2 N–H and O–H groups in total. The van der Waals surface area contributed by atoms with Gasteiger partial charge in [-0.15, -0.1) is 0 Å². The molecule has 2 aromatic rings. The smallest absolute Gasteiger partial charge is 0.255 e. The lowest BCUT2D eigenvalue weighted by molar-refractivity contribution is 0.102. The van der Waals surface area contributed by atoms with Crippen LogP contribution in [-0.4, -0.2) is 20.4 Å². The van der Waals surface area contributed by atoms with Crippen molar-refractivity contribution in [2.75, 3.05) is 5.32 Å². The van der Waals surface area contributed by atoms with Crippen LogP contribution in [0, 0.1) is 5.82 Å². The third kappa shape index (κ3) is 5.37. The van der Waals surface area contributed by atoms with Gasteiger partial charge in [0.25, 0.3) is 5.91 Å². The fraction of sp³-hybridized carbons (Fsp3) is 0.350. The van der Waals surface area contributed by atoms with Crippen LogP contribution in [0.3, 0.4) is 0 Å². The van der Waals surface area contributed by atoms with Gasteiger partial charge in [0.15, 0.2) is 0 Å². The number of anilines is 1. The van der Waals surface area contributed by atoms with E-state index in [4.69, 9.17) is 0 Å². The number of sulfonamides is 1. The van der Waals surface area contributed by atoms with Gasteiger partial charge >= 0.3 is 0 Å². The Kier molecular flexibility index (Phi) is 6.73. The van der Waals surface area contributed by atoms with Crippen LogP contribution in [0.4, 0.5) is 10.1 Å². The molecule has 1 atom stereocenters. The van der Waals surface area contributed by atoms with Crippen LogP contribution in [0.15, 0.2) is 47.4 Å². The highest BCUT2D eigenvalue weighted by molar-refractivity contribution is 7.89. The van der Waals surface area contributed by atoms with E-state index < -0.39 is 26.6 Å². The highest BCUT2D eigenvalue weighted by atomic mass is 32.2. The van der Waals surface area contributed by atoms with Crippen molar-refractivity contribution < 1.29 is 17.6 Å². The number of hydrogen-bond acceptors (Lipinski definition) is 3. The quantitative estimate of drug-likeness (QED) is 0.738. The molecule has 146 valence electrons. The van der Waals surface area contributed by atoms with Crippen LogP contribution >= 0.6 is 0 Å². The lowest BCUT2D eigenvalue weighted by Gasteiger charge is -2.13. The van der Waals surface area contributed by atoms with E-state index in [9.17, 15) is 17.6 Å². The number of hydrogen-bond donors (Lipinski definition) is 2. The van der Waals surface area contributed by atoms with E-state index in [-0.39, 0.29) is 11.6 Å². The number of benzene rings is 2. The Balaban J connectivity index is 2.25. The van der Waals surface area contributed by atoms with E-state index in [1.165, 1.54) is 6.07 Å². The molecule has 7 heteroatoms. The van der Waals surface area contributed by atoms with Crippen LogP contribution in [0.1, 0.15) is 56.0 Å². The van der Waals surface area contributed by atoms with E-state index in [2.05, 4.69) is 23.9 Å². The maximum atomic E-state index is 14.1. The van der Waals surface area contributed by atoms with Crippen molar-refractivity contribution in [3.05, 3.63) is 59.4 Å². The molecule has 0 spiro atoms. The van der Waals surface area contributed by atoms with Gasteiger partial charge in [-0.05, 0) is 55.2 Å². The summed E-state index contributed by atoms with van der Waals surface area (Å²) in [6.45, 7) is 7.65. The highest BCUT2D eigenvalue weighted by Gasteiger charge is 2.22. The van der Waals surface area contributed by atoms with Gasteiger partial charge in [0, 0.05) is 17.3 Å². The Labute approximate surface area is 160 Å². The summed E-state index contributed by atoms with van der Waals surface area (Å²) in [6.07, 6.45) is 0.563. The summed E-state index contributed by atoms with van der Waals surface area (Å²) in [6, 6.07) is 10.3. The SMILES string of the molecule is CC[C@H](C)NS(=O)(=O)c1cc(C(=O)Nc2ccc(C(C)C)cc2)ccc1F. The van der Waals surface area contributed by atoms with E-state index in [1.54, 1.807) is 19.1 Å².